The Morgan fingerprint density at radius 1 is 1.03 bits per heavy atom. The lowest BCUT2D eigenvalue weighted by Crippen LogP contribution is -2.40. The molecule has 1 atom stereocenters. The molecule has 1 amide bonds. The number of aliphatic hydroxyl groups is 1. The number of hydrogen-bond donors (Lipinski definition) is 1. The number of carbonyl (C=O) groups is 2. The summed E-state index contributed by atoms with van der Waals surface area (Å²) in [5.41, 5.74) is 1.31. The summed E-state index contributed by atoms with van der Waals surface area (Å²) in [6.45, 7) is 2.37. The molecule has 32 heavy (non-hydrogen) atoms. The maximum absolute atomic E-state index is 13.3. The molecule has 1 aliphatic carbocycles. The minimum absolute atomic E-state index is 0.0311. The SMILES string of the molecule is CCOc1cccc(/C(O)=C2/C(=O)C(=O)N(C3CCCCC3)C2c2cccc(OC)c2)c1. The van der Waals surface area contributed by atoms with Crippen LogP contribution in [-0.4, -0.2) is 41.5 Å². The van der Waals surface area contributed by atoms with Crippen LogP contribution in [0.4, 0.5) is 0 Å². The third kappa shape index (κ3) is 4.09. The topological polar surface area (TPSA) is 76.1 Å². The number of aliphatic hydroxyl groups excluding tert-OH is 1. The van der Waals surface area contributed by atoms with Gasteiger partial charge in [-0.2, -0.15) is 0 Å². The maximum Gasteiger partial charge on any atom is 0.295 e. The first-order valence-corrected chi connectivity index (χ1v) is 11.2. The van der Waals surface area contributed by atoms with Gasteiger partial charge in [0, 0.05) is 11.6 Å². The highest BCUT2D eigenvalue weighted by Crippen LogP contribution is 2.43. The average molecular weight is 436 g/mol. The summed E-state index contributed by atoms with van der Waals surface area (Å²) in [5.74, 6) is -0.156. The van der Waals surface area contributed by atoms with E-state index in [9.17, 15) is 14.7 Å². The van der Waals surface area contributed by atoms with Gasteiger partial charge in [0.05, 0.1) is 25.3 Å². The van der Waals surface area contributed by atoms with Crippen LogP contribution in [0.25, 0.3) is 5.76 Å². The van der Waals surface area contributed by atoms with Crippen LogP contribution >= 0.6 is 0 Å². The van der Waals surface area contributed by atoms with Gasteiger partial charge >= 0.3 is 0 Å². The summed E-state index contributed by atoms with van der Waals surface area (Å²) in [4.78, 5) is 28.2. The molecule has 0 aromatic heterocycles. The Labute approximate surface area is 188 Å². The number of benzene rings is 2. The van der Waals surface area contributed by atoms with Crippen LogP contribution in [0.5, 0.6) is 11.5 Å². The molecule has 1 heterocycles. The fourth-order valence-electron chi connectivity index (χ4n) is 4.78. The molecule has 1 saturated carbocycles. The Balaban J connectivity index is 1.86. The van der Waals surface area contributed by atoms with E-state index in [1.54, 1.807) is 36.3 Å². The highest BCUT2D eigenvalue weighted by atomic mass is 16.5. The Bertz CT molecular complexity index is 1040. The van der Waals surface area contributed by atoms with Gasteiger partial charge < -0.3 is 19.5 Å². The standard InChI is InChI=1S/C26H29NO5/c1-3-32-21-14-8-10-18(16-21)24(28)22-23(17-9-7-13-20(15-17)31-2)27(26(30)25(22)29)19-11-5-4-6-12-19/h7-10,13-16,19,23,28H,3-6,11-12H2,1-2H3/b24-22-. The maximum atomic E-state index is 13.3. The fourth-order valence-corrected chi connectivity index (χ4v) is 4.78. The van der Waals surface area contributed by atoms with Crippen molar-refractivity contribution in [2.45, 2.75) is 51.1 Å². The Morgan fingerprint density at radius 2 is 1.75 bits per heavy atom. The zero-order chi connectivity index (χ0) is 22.7. The number of Topliss-reactive ketones (excluding diaryl/α,β-unsaturated/α-hetero) is 1. The molecular weight excluding hydrogens is 406 g/mol. The van der Waals surface area contributed by atoms with E-state index in [-0.39, 0.29) is 17.4 Å². The van der Waals surface area contributed by atoms with Crippen LogP contribution < -0.4 is 9.47 Å². The number of carbonyl (C=O) groups excluding carboxylic acids is 2. The van der Waals surface area contributed by atoms with Gasteiger partial charge in [0.25, 0.3) is 11.7 Å². The molecule has 2 aliphatic rings. The largest absolute Gasteiger partial charge is 0.507 e. The third-order valence-corrected chi connectivity index (χ3v) is 6.28. The zero-order valence-electron chi connectivity index (χ0n) is 18.5. The Kier molecular flexibility index (Phi) is 6.49. The molecule has 6 heteroatoms. The van der Waals surface area contributed by atoms with Crippen molar-refractivity contribution in [3.05, 3.63) is 65.2 Å². The molecular formula is C26H29NO5. The molecule has 168 valence electrons. The van der Waals surface area contributed by atoms with E-state index in [1.807, 2.05) is 31.2 Å². The zero-order valence-corrected chi connectivity index (χ0v) is 18.5. The molecule has 1 saturated heterocycles. The van der Waals surface area contributed by atoms with Gasteiger partial charge in [-0.05, 0) is 49.6 Å². The van der Waals surface area contributed by atoms with Gasteiger partial charge in [-0.25, -0.2) is 0 Å². The molecule has 1 unspecified atom stereocenters. The van der Waals surface area contributed by atoms with Crippen LogP contribution in [0, 0.1) is 0 Å². The van der Waals surface area contributed by atoms with Crippen LogP contribution in [-0.2, 0) is 9.59 Å². The first kappa shape index (κ1) is 21.9. The van der Waals surface area contributed by atoms with Gasteiger partial charge in [0.2, 0.25) is 0 Å². The molecule has 1 N–H and O–H groups in total. The summed E-state index contributed by atoms with van der Waals surface area (Å²) in [6.07, 6.45) is 4.89. The van der Waals surface area contributed by atoms with Gasteiger partial charge in [-0.3, -0.25) is 9.59 Å². The molecule has 2 fully saturated rings. The summed E-state index contributed by atoms with van der Waals surface area (Å²) in [6, 6.07) is 13.6. The quantitative estimate of drug-likeness (QED) is 0.399. The van der Waals surface area contributed by atoms with Crippen LogP contribution in [0.1, 0.15) is 56.2 Å². The van der Waals surface area contributed by atoms with Crippen LogP contribution in [0.3, 0.4) is 0 Å². The summed E-state index contributed by atoms with van der Waals surface area (Å²) >= 11 is 0. The van der Waals surface area contributed by atoms with Gasteiger partial charge in [0.15, 0.2) is 0 Å². The highest BCUT2D eigenvalue weighted by molar-refractivity contribution is 6.46. The first-order chi connectivity index (χ1) is 15.5. The van der Waals surface area contributed by atoms with Crippen LogP contribution in [0.15, 0.2) is 54.1 Å². The number of nitrogens with zero attached hydrogens (tertiary/aromatic N) is 1. The van der Waals surface area contributed by atoms with E-state index < -0.39 is 17.7 Å². The second-order valence-corrected chi connectivity index (χ2v) is 8.24. The molecule has 1 aliphatic heterocycles. The van der Waals surface area contributed by atoms with Crippen molar-refractivity contribution in [3.63, 3.8) is 0 Å². The van der Waals surface area contributed by atoms with E-state index in [0.717, 1.165) is 37.7 Å². The predicted molar refractivity (Wildman–Crippen MR) is 122 cm³/mol. The van der Waals surface area contributed by atoms with E-state index in [2.05, 4.69) is 0 Å². The minimum Gasteiger partial charge on any atom is -0.507 e. The van der Waals surface area contributed by atoms with Crippen molar-refractivity contribution in [3.8, 4) is 11.5 Å². The number of amides is 1. The molecule has 2 aromatic rings. The fraction of sp³-hybridized carbons (Fsp3) is 0.385. The summed E-state index contributed by atoms with van der Waals surface area (Å²) < 4.78 is 10.9. The van der Waals surface area contributed by atoms with Crippen molar-refractivity contribution in [1.82, 2.24) is 4.90 Å². The summed E-state index contributed by atoms with van der Waals surface area (Å²) in [7, 11) is 1.58. The molecule has 4 rings (SSSR count). The molecule has 0 spiro atoms. The van der Waals surface area contributed by atoms with E-state index >= 15 is 0 Å². The van der Waals surface area contributed by atoms with Crippen molar-refractivity contribution < 1.29 is 24.2 Å². The van der Waals surface area contributed by atoms with E-state index in [1.165, 1.54) is 0 Å². The number of ketones is 1. The second kappa shape index (κ2) is 9.47. The number of methoxy groups -OCH3 is 1. The van der Waals surface area contributed by atoms with Crippen molar-refractivity contribution >= 4 is 17.4 Å². The monoisotopic (exact) mass is 435 g/mol. The molecule has 2 aromatic carbocycles. The van der Waals surface area contributed by atoms with Crippen molar-refractivity contribution in [2.75, 3.05) is 13.7 Å². The summed E-state index contributed by atoms with van der Waals surface area (Å²) in [5, 5.41) is 11.3. The third-order valence-electron chi connectivity index (χ3n) is 6.28. The number of ether oxygens (including phenoxy) is 2. The number of hydrogen-bond acceptors (Lipinski definition) is 5. The lowest BCUT2D eigenvalue weighted by molar-refractivity contribution is -0.141. The van der Waals surface area contributed by atoms with E-state index in [4.69, 9.17) is 9.47 Å². The lowest BCUT2D eigenvalue weighted by atomic mass is 9.91. The predicted octanol–water partition coefficient (Wildman–Crippen LogP) is 4.85. The second-order valence-electron chi connectivity index (χ2n) is 8.24. The van der Waals surface area contributed by atoms with Gasteiger partial charge in [-0.15, -0.1) is 0 Å². The smallest absolute Gasteiger partial charge is 0.295 e. The van der Waals surface area contributed by atoms with Gasteiger partial charge in [-0.1, -0.05) is 43.5 Å². The normalized spacial score (nSPS) is 21.1. The van der Waals surface area contributed by atoms with Crippen molar-refractivity contribution in [2.24, 2.45) is 0 Å². The Morgan fingerprint density at radius 3 is 2.47 bits per heavy atom. The molecule has 0 radical (unpaired) electrons. The van der Waals surface area contributed by atoms with Crippen molar-refractivity contribution in [1.29, 1.82) is 0 Å². The minimum atomic E-state index is -0.663. The molecule has 0 bridgehead atoms. The van der Waals surface area contributed by atoms with Gasteiger partial charge in [0.1, 0.15) is 17.3 Å². The number of rotatable bonds is 6. The van der Waals surface area contributed by atoms with Crippen LogP contribution in [0.2, 0.25) is 0 Å². The number of likely N-dealkylation sites (tertiary alicyclic amines) is 1. The highest BCUT2D eigenvalue weighted by Gasteiger charge is 2.48. The average Bonchev–Trinajstić information content (AvgIpc) is 3.10. The van der Waals surface area contributed by atoms with E-state index in [0.29, 0.717) is 23.7 Å². The lowest BCUT2D eigenvalue weighted by Gasteiger charge is -2.35. The Hall–Kier alpha value is -3.28. The first-order valence-electron chi connectivity index (χ1n) is 11.2. The molecule has 6 nitrogen and oxygen atoms in total.